The first kappa shape index (κ1) is 12.3. The smallest absolute Gasteiger partial charge is 0.155 e. The molecule has 0 heterocycles. The Hall–Kier alpha value is 0.250. The van der Waals surface area contributed by atoms with Crippen LogP contribution in [0.3, 0.4) is 0 Å². The van der Waals surface area contributed by atoms with E-state index in [4.69, 9.17) is 23.2 Å². The molecule has 1 aliphatic rings. The predicted molar refractivity (Wildman–Crippen MR) is 61.2 cm³/mol. The van der Waals surface area contributed by atoms with Crippen LogP contribution >= 0.6 is 23.2 Å². The molecule has 1 saturated carbocycles. The first-order valence-corrected chi connectivity index (χ1v) is 6.29. The highest BCUT2D eigenvalue weighted by Crippen LogP contribution is 2.39. The first-order valence-electron chi connectivity index (χ1n) is 5.47. The summed E-state index contributed by atoms with van der Waals surface area (Å²) in [6.45, 7) is 2.08. The maximum Gasteiger partial charge on any atom is 0.155 e. The summed E-state index contributed by atoms with van der Waals surface area (Å²) in [5.41, 5.74) is 0. The van der Waals surface area contributed by atoms with Crippen molar-refractivity contribution in [3.8, 4) is 0 Å². The van der Waals surface area contributed by atoms with Gasteiger partial charge in [0, 0.05) is 6.42 Å². The molecule has 1 fully saturated rings. The van der Waals surface area contributed by atoms with Gasteiger partial charge in [0.2, 0.25) is 0 Å². The highest BCUT2D eigenvalue weighted by Gasteiger charge is 2.43. The van der Waals surface area contributed by atoms with Crippen molar-refractivity contribution in [1.29, 1.82) is 0 Å². The molecule has 0 saturated heterocycles. The maximum atomic E-state index is 11.9. The molecule has 82 valence electrons. The van der Waals surface area contributed by atoms with Gasteiger partial charge in [-0.3, -0.25) is 4.79 Å². The Labute approximate surface area is 96.2 Å². The molecule has 0 aliphatic heterocycles. The molecule has 2 atom stereocenters. The summed E-state index contributed by atoms with van der Waals surface area (Å²) in [7, 11) is 0. The van der Waals surface area contributed by atoms with E-state index < -0.39 is 4.87 Å². The number of carbonyl (C=O) groups is 1. The third-order valence-electron chi connectivity index (χ3n) is 2.97. The normalized spacial score (nSPS) is 32.9. The van der Waals surface area contributed by atoms with Crippen LogP contribution in [0.2, 0.25) is 0 Å². The lowest BCUT2D eigenvalue weighted by molar-refractivity contribution is -0.122. The number of ketones is 1. The number of hydrogen-bond donors (Lipinski definition) is 0. The largest absolute Gasteiger partial charge is 0.298 e. The number of carbonyl (C=O) groups excluding carboxylic acids is 1. The minimum atomic E-state index is -0.755. The molecule has 0 spiro atoms. The van der Waals surface area contributed by atoms with E-state index in [1.54, 1.807) is 0 Å². The Kier molecular flexibility index (Phi) is 4.72. The summed E-state index contributed by atoms with van der Waals surface area (Å²) in [6, 6.07) is 0. The van der Waals surface area contributed by atoms with Crippen LogP contribution in [0.15, 0.2) is 0 Å². The van der Waals surface area contributed by atoms with E-state index in [0.717, 1.165) is 38.5 Å². The van der Waals surface area contributed by atoms with Crippen LogP contribution in [-0.2, 0) is 4.79 Å². The molecule has 0 radical (unpaired) electrons. The molecule has 0 bridgehead atoms. The second-order valence-corrected chi connectivity index (χ2v) is 5.30. The van der Waals surface area contributed by atoms with Gasteiger partial charge >= 0.3 is 0 Å². The lowest BCUT2D eigenvalue weighted by Crippen LogP contribution is -2.43. The third-order valence-corrected chi connectivity index (χ3v) is 4.33. The lowest BCUT2D eigenvalue weighted by Gasteiger charge is -2.34. The molecular formula is C11H18Cl2O. The molecule has 3 heteroatoms. The molecule has 0 N–H and O–H groups in total. The van der Waals surface area contributed by atoms with Gasteiger partial charge in [-0.2, -0.15) is 0 Å². The van der Waals surface area contributed by atoms with E-state index in [1.807, 2.05) is 0 Å². The summed E-state index contributed by atoms with van der Waals surface area (Å²) in [5.74, 6) is 0.153. The van der Waals surface area contributed by atoms with Gasteiger partial charge in [-0.1, -0.05) is 26.2 Å². The number of Topliss-reactive ketones (excluding diaryl/α,β-unsaturated/α-hetero) is 1. The van der Waals surface area contributed by atoms with Crippen molar-refractivity contribution < 1.29 is 4.79 Å². The van der Waals surface area contributed by atoms with Crippen LogP contribution in [-0.4, -0.2) is 16.0 Å². The van der Waals surface area contributed by atoms with E-state index in [0.29, 0.717) is 6.42 Å². The number of halogens is 2. The standard InChI is InChI=1S/C11H18Cl2O/c1-2-3-7-10(14)11(13)8-5-4-6-9(11)12/h9H,2-8H2,1H3. The zero-order chi connectivity index (χ0) is 10.6. The van der Waals surface area contributed by atoms with Crippen molar-refractivity contribution in [3.05, 3.63) is 0 Å². The van der Waals surface area contributed by atoms with Crippen molar-refractivity contribution in [2.45, 2.75) is 62.1 Å². The van der Waals surface area contributed by atoms with Crippen LogP contribution in [0.25, 0.3) is 0 Å². The number of unbranched alkanes of at least 4 members (excludes halogenated alkanes) is 1. The molecule has 1 aliphatic carbocycles. The predicted octanol–water partition coefficient (Wildman–Crippen LogP) is 3.90. The Balaban J connectivity index is 2.57. The fourth-order valence-corrected chi connectivity index (χ4v) is 2.67. The number of rotatable bonds is 4. The lowest BCUT2D eigenvalue weighted by atomic mass is 9.83. The van der Waals surface area contributed by atoms with Crippen LogP contribution in [0.1, 0.15) is 51.9 Å². The molecular weight excluding hydrogens is 219 g/mol. The average Bonchev–Trinajstić information content (AvgIpc) is 2.19. The fraction of sp³-hybridized carbons (Fsp3) is 0.909. The van der Waals surface area contributed by atoms with Crippen LogP contribution < -0.4 is 0 Å². The van der Waals surface area contributed by atoms with Crippen molar-refractivity contribution in [2.24, 2.45) is 0 Å². The molecule has 1 rings (SSSR count). The third kappa shape index (κ3) is 2.64. The summed E-state index contributed by atoms with van der Waals surface area (Å²) in [4.78, 5) is 11.1. The fourth-order valence-electron chi connectivity index (χ4n) is 1.95. The van der Waals surface area contributed by atoms with Gasteiger partial charge in [0.05, 0.1) is 5.38 Å². The summed E-state index contributed by atoms with van der Waals surface area (Å²) >= 11 is 12.5. The van der Waals surface area contributed by atoms with Crippen molar-refractivity contribution >= 4 is 29.0 Å². The Bertz CT molecular complexity index is 205. The second kappa shape index (κ2) is 5.37. The van der Waals surface area contributed by atoms with Crippen LogP contribution in [0, 0.1) is 0 Å². The van der Waals surface area contributed by atoms with Gasteiger partial charge in [0.1, 0.15) is 4.87 Å². The van der Waals surface area contributed by atoms with Crippen LogP contribution in [0.4, 0.5) is 0 Å². The average molecular weight is 237 g/mol. The zero-order valence-corrected chi connectivity index (χ0v) is 10.2. The molecule has 1 nitrogen and oxygen atoms in total. The van der Waals surface area contributed by atoms with Gasteiger partial charge in [-0.15, -0.1) is 23.2 Å². The van der Waals surface area contributed by atoms with E-state index in [1.165, 1.54) is 0 Å². The van der Waals surface area contributed by atoms with E-state index in [9.17, 15) is 4.79 Å². The van der Waals surface area contributed by atoms with Crippen molar-refractivity contribution in [1.82, 2.24) is 0 Å². The van der Waals surface area contributed by atoms with Crippen molar-refractivity contribution in [2.75, 3.05) is 0 Å². The summed E-state index contributed by atoms with van der Waals surface area (Å²) in [6.07, 6.45) is 6.31. The van der Waals surface area contributed by atoms with Gasteiger partial charge in [0.25, 0.3) is 0 Å². The molecule has 0 aromatic heterocycles. The summed E-state index contributed by atoms with van der Waals surface area (Å²) < 4.78 is 0. The SMILES string of the molecule is CCCCC(=O)C1(Cl)CCCCC1Cl. The molecule has 0 aromatic rings. The quantitative estimate of drug-likeness (QED) is 0.677. The highest BCUT2D eigenvalue weighted by atomic mass is 35.5. The van der Waals surface area contributed by atoms with Gasteiger partial charge in [-0.05, 0) is 19.3 Å². The minimum absolute atomic E-state index is 0.153. The summed E-state index contributed by atoms with van der Waals surface area (Å²) in [5, 5.41) is -0.165. The van der Waals surface area contributed by atoms with Gasteiger partial charge in [0.15, 0.2) is 5.78 Å². The van der Waals surface area contributed by atoms with Crippen molar-refractivity contribution in [3.63, 3.8) is 0 Å². The second-order valence-electron chi connectivity index (χ2n) is 4.10. The zero-order valence-electron chi connectivity index (χ0n) is 8.69. The first-order chi connectivity index (χ1) is 6.61. The van der Waals surface area contributed by atoms with Gasteiger partial charge in [-0.25, -0.2) is 0 Å². The van der Waals surface area contributed by atoms with Crippen LogP contribution in [0.5, 0.6) is 0 Å². The molecule has 0 amide bonds. The number of hydrogen-bond acceptors (Lipinski definition) is 1. The van der Waals surface area contributed by atoms with E-state index in [2.05, 4.69) is 6.92 Å². The maximum absolute atomic E-state index is 11.9. The Morgan fingerprint density at radius 1 is 1.50 bits per heavy atom. The topological polar surface area (TPSA) is 17.1 Å². The van der Waals surface area contributed by atoms with Gasteiger partial charge < -0.3 is 0 Å². The van der Waals surface area contributed by atoms with E-state index in [-0.39, 0.29) is 11.2 Å². The van der Waals surface area contributed by atoms with E-state index >= 15 is 0 Å². The highest BCUT2D eigenvalue weighted by molar-refractivity contribution is 6.41. The Morgan fingerprint density at radius 3 is 2.79 bits per heavy atom. The minimum Gasteiger partial charge on any atom is -0.298 e. The molecule has 14 heavy (non-hydrogen) atoms. The Morgan fingerprint density at radius 2 is 2.21 bits per heavy atom. The molecule has 2 unspecified atom stereocenters. The molecule has 0 aromatic carbocycles. The number of alkyl halides is 2. The monoisotopic (exact) mass is 236 g/mol.